The predicted octanol–water partition coefficient (Wildman–Crippen LogP) is 4.73. The van der Waals surface area contributed by atoms with Gasteiger partial charge in [-0.25, -0.2) is 0 Å². The maximum absolute atomic E-state index is 14.2. The molecule has 0 radical (unpaired) electrons. The zero-order valence-corrected chi connectivity index (χ0v) is 24.4. The maximum Gasteiger partial charge on any atom is 0.254 e. The first-order valence-corrected chi connectivity index (χ1v) is 15.1. The van der Waals surface area contributed by atoms with Crippen LogP contribution in [-0.2, 0) is 16.0 Å². The van der Waals surface area contributed by atoms with Crippen molar-refractivity contribution < 1.29 is 24.3 Å². The van der Waals surface area contributed by atoms with Crippen LogP contribution in [0.5, 0.6) is 5.75 Å². The molecule has 3 amide bonds. The Hall–Kier alpha value is -5.50. The van der Waals surface area contributed by atoms with Gasteiger partial charge in [0.05, 0.1) is 12.6 Å². The van der Waals surface area contributed by atoms with Gasteiger partial charge in [-0.2, -0.15) is 0 Å². The number of hydrogen-bond donors (Lipinski definition) is 2. The van der Waals surface area contributed by atoms with Crippen LogP contribution in [0, 0.1) is 0 Å². The molecule has 2 aliphatic heterocycles. The molecule has 0 bridgehead atoms. The predicted molar refractivity (Wildman–Crippen MR) is 171 cm³/mol. The van der Waals surface area contributed by atoms with Crippen molar-refractivity contribution in [1.29, 1.82) is 0 Å². The third kappa shape index (κ3) is 5.29. The molecule has 2 heterocycles. The molecule has 2 aliphatic rings. The average molecular weight is 598 g/mol. The Kier molecular flexibility index (Phi) is 7.25. The number of nitrogens with one attached hydrogen (secondary N) is 1. The molecule has 5 aromatic rings. The zero-order chi connectivity index (χ0) is 31.1. The van der Waals surface area contributed by atoms with E-state index in [1.54, 1.807) is 35.2 Å². The van der Waals surface area contributed by atoms with Gasteiger partial charge in [0, 0.05) is 24.1 Å². The van der Waals surface area contributed by atoms with E-state index in [9.17, 15) is 24.3 Å². The zero-order valence-electron chi connectivity index (χ0n) is 24.4. The molecule has 3 atom stereocenters. The van der Waals surface area contributed by atoms with E-state index in [0.717, 1.165) is 27.1 Å². The molecule has 8 nitrogen and oxygen atoms in total. The number of phenolic OH excluding ortho intramolecular Hbond substituents is 1. The SMILES string of the molecule is O=C(N[C@@H](Cc1ccc(O)cc1)C(=O)N1CC[C@@H]2[C@H]1C(=O)CN2C(=O)c1ccc2ccccc2c1)c1cccc2ccccc12. The highest BCUT2D eigenvalue weighted by molar-refractivity contribution is 6.09. The highest BCUT2D eigenvalue weighted by Crippen LogP contribution is 2.32. The van der Waals surface area contributed by atoms with E-state index in [0.29, 0.717) is 17.5 Å². The molecule has 2 N–H and O–H groups in total. The Morgan fingerprint density at radius 2 is 1.51 bits per heavy atom. The van der Waals surface area contributed by atoms with Crippen molar-refractivity contribution in [3.63, 3.8) is 0 Å². The molecule has 0 saturated carbocycles. The lowest BCUT2D eigenvalue weighted by molar-refractivity contribution is -0.138. The monoisotopic (exact) mass is 597 g/mol. The molecule has 0 spiro atoms. The number of benzene rings is 5. The summed E-state index contributed by atoms with van der Waals surface area (Å²) in [6, 6.07) is 30.6. The molecule has 2 fully saturated rings. The van der Waals surface area contributed by atoms with E-state index in [1.807, 2.05) is 66.7 Å². The van der Waals surface area contributed by atoms with E-state index in [-0.39, 0.29) is 42.9 Å². The number of likely N-dealkylation sites (tertiary alicyclic amines) is 2. The van der Waals surface area contributed by atoms with Gasteiger partial charge in [-0.1, -0.05) is 78.9 Å². The molecule has 224 valence electrons. The van der Waals surface area contributed by atoms with E-state index in [2.05, 4.69) is 5.32 Å². The minimum Gasteiger partial charge on any atom is -0.508 e. The van der Waals surface area contributed by atoms with E-state index in [4.69, 9.17) is 0 Å². The fourth-order valence-corrected chi connectivity index (χ4v) is 6.75. The van der Waals surface area contributed by atoms with Gasteiger partial charge in [0.25, 0.3) is 11.8 Å². The van der Waals surface area contributed by atoms with Crippen molar-refractivity contribution in [2.45, 2.75) is 31.0 Å². The van der Waals surface area contributed by atoms with E-state index >= 15 is 0 Å². The lowest BCUT2D eigenvalue weighted by atomic mass is 10.0. The van der Waals surface area contributed by atoms with Crippen molar-refractivity contribution in [2.75, 3.05) is 13.1 Å². The molecule has 7 rings (SSSR count). The number of hydrogen-bond acceptors (Lipinski definition) is 5. The number of fused-ring (bicyclic) bond motifs is 3. The van der Waals surface area contributed by atoms with Gasteiger partial charge >= 0.3 is 0 Å². The van der Waals surface area contributed by atoms with Gasteiger partial charge in [-0.15, -0.1) is 0 Å². The fraction of sp³-hybridized carbons (Fsp3) is 0.189. The van der Waals surface area contributed by atoms with Crippen LogP contribution in [0.3, 0.4) is 0 Å². The number of rotatable bonds is 6. The van der Waals surface area contributed by atoms with Gasteiger partial charge in [0.1, 0.15) is 17.8 Å². The van der Waals surface area contributed by atoms with Crippen molar-refractivity contribution in [3.05, 3.63) is 126 Å². The Bertz CT molecular complexity index is 1970. The van der Waals surface area contributed by atoms with Crippen molar-refractivity contribution in [2.24, 2.45) is 0 Å². The summed E-state index contributed by atoms with van der Waals surface area (Å²) in [6.45, 7) is 0.216. The lowest BCUT2D eigenvalue weighted by Gasteiger charge is -2.28. The summed E-state index contributed by atoms with van der Waals surface area (Å²) >= 11 is 0. The number of amides is 3. The van der Waals surface area contributed by atoms with Crippen molar-refractivity contribution in [3.8, 4) is 5.75 Å². The van der Waals surface area contributed by atoms with Crippen LogP contribution in [0.15, 0.2) is 109 Å². The number of Topliss-reactive ketones (excluding diaryl/α,β-unsaturated/α-hetero) is 1. The number of carbonyl (C=O) groups is 4. The summed E-state index contributed by atoms with van der Waals surface area (Å²) in [5.74, 6) is -1.11. The molecular weight excluding hydrogens is 566 g/mol. The van der Waals surface area contributed by atoms with Crippen LogP contribution >= 0.6 is 0 Å². The Morgan fingerprint density at radius 1 is 0.800 bits per heavy atom. The topological polar surface area (TPSA) is 107 Å². The Balaban J connectivity index is 1.15. The molecule has 5 aromatic carbocycles. The van der Waals surface area contributed by atoms with Crippen molar-refractivity contribution in [1.82, 2.24) is 15.1 Å². The second-order valence-corrected chi connectivity index (χ2v) is 11.7. The Labute approximate surface area is 259 Å². The average Bonchev–Trinajstić information content (AvgIpc) is 3.65. The number of nitrogens with zero attached hydrogens (tertiary/aromatic N) is 2. The maximum atomic E-state index is 14.2. The second-order valence-electron chi connectivity index (χ2n) is 11.7. The largest absolute Gasteiger partial charge is 0.508 e. The quantitative estimate of drug-likeness (QED) is 0.294. The Morgan fingerprint density at radius 3 is 2.31 bits per heavy atom. The van der Waals surface area contributed by atoms with E-state index < -0.39 is 24.0 Å². The molecular formula is C37H31N3O5. The van der Waals surface area contributed by atoms with Gasteiger partial charge < -0.3 is 20.2 Å². The van der Waals surface area contributed by atoms with Gasteiger partial charge in [-0.3, -0.25) is 19.2 Å². The molecule has 0 aliphatic carbocycles. The molecule has 2 saturated heterocycles. The van der Waals surface area contributed by atoms with Gasteiger partial charge in [-0.05, 0) is 63.9 Å². The molecule has 45 heavy (non-hydrogen) atoms. The summed E-state index contributed by atoms with van der Waals surface area (Å²) in [5.41, 5.74) is 1.69. The lowest BCUT2D eigenvalue weighted by Crippen LogP contribution is -2.53. The third-order valence-corrected chi connectivity index (χ3v) is 8.98. The molecule has 0 unspecified atom stereocenters. The highest BCUT2D eigenvalue weighted by atomic mass is 16.3. The fourth-order valence-electron chi connectivity index (χ4n) is 6.75. The van der Waals surface area contributed by atoms with Crippen LogP contribution in [-0.4, -0.2) is 69.6 Å². The first-order valence-electron chi connectivity index (χ1n) is 15.1. The van der Waals surface area contributed by atoms with Crippen LogP contribution in [0.25, 0.3) is 21.5 Å². The highest BCUT2D eigenvalue weighted by Gasteiger charge is 2.52. The van der Waals surface area contributed by atoms with Crippen molar-refractivity contribution >= 4 is 45.0 Å². The molecule has 8 heteroatoms. The molecule has 0 aromatic heterocycles. The number of carbonyl (C=O) groups excluding carboxylic acids is 4. The van der Waals surface area contributed by atoms with Crippen LogP contribution in [0.2, 0.25) is 0 Å². The van der Waals surface area contributed by atoms with E-state index in [1.165, 1.54) is 17.0 Å². The number of aromatic hydroxyl groups is 1. The second kappa shape index (κ2) is 11.5. The number of phenols is 1. The van der Waals surface area contributed by atoms with Crippen LogP contribution in [0.4, 0.5) is 0 Å². The van der Waals surface area contributed by atoms with Gasteiger partial charge in [0.2, 0.25) is 5.91 Å². The van der Waals surface area contributed by atoms with Crippen LogP contribution in [0.1, 0.15) is 32.7 Å². The van der Waals surface area contributed by atoms with Crippen LogP contribution < -0.4 is 5.32 Å². The summed E-state index contributed by atoms with van der Waals surface area (Å²) < 4.78 is 0. The normalized spacial score (nSPS) is 18.3. The first-order chi connectivity index (χ1) is 21.9. The van der Waals surface area contributed by atoms with Gasteiger partial charge in [0.15, 0.2) is 5.78 Å². The number of ketones is 1. The summed E-state index contributed by atoms with van der Waals surface area (Å²) in [4.78, 5) is 58.1. The summed E-state index contributed by atoms with van der Waals surface area (Å²) in [7, 11) is 0. The minimum atomic E-state index is -0.974. The minimum absolute atomic E-state index is 0.0736. The summed E-state index contributed by atoms with van der Waals surface area (Å²) in [5, 5.41) is 16.4. The summed E-state index contributed by atoms with van der Waals surface area (Å²) in [6.07, 6.45) is 0.627. The smallest absolute Gasteiger partial charge is 0.254 e. The third-order valence-electron chi connectivity index (χ3n) is 8.98. The first kappa shape index (κ1) is 28.3. The standard InChI is InChI=1S/C37H31N3O5/c41-28-16-12-23(13-17-28)20-31(38-35(43)30-11-5-9-25-7-3-4-10-29(25)30)37(45)39-19-18-32-34(39)33(42)22-40(32)36(44)27-15-14-24-6-1-2-8-26(24)21-27/h1-17,21,31-32,34,41H,18-20,22H2,(H,38,43)/t31-,32+,34-/m0/s1.